The first-order valence-electron chi connectivity index (χ1n) is 8.59. The lowest BCUT2D eigenvalue weighted by molar-refractivity contribution is 0.0944. The number of carbonyl (C=O) groups is 1. The number of nitrogens with zero attached hydrogens (tertiary/aromatic N) is 2. The molecule has 2 heterocycles. The molecule has 0 aliphatic carbocycles. The highest BCUT2D eigenvalue weighted by Crippen LogP contribution is 2.32. The molecule has 0 unspecified atom stereocenters. The van der Waals surface area contributed by atoms with E-state index in [0.29, 0.717) is 22.5 Å². The molecule has 1 aliphatic rings. The SMILES string of the molecule is Cc1cc2nc(C(=O)NCc3ccc4c(c3)OCO4)c(=O)n(C)c2cc1C. The van der Waals surface area contributed by atoms with E-state index in [0.717, 1.165) is 16.7 Å². The number of nitrogens with one attached hydrogen (secondary N) is 1. The van der Waals surface area contributed by atoms with E-state index in [1.165, 1.54) is 4.57 Å². The van der Waals surface area contributed by atoms with E-state index in [-0.39, 0.29) is 19.0 Å². The average Bonchev–Trinajstić information content (AvgIpc) is 3.12. The van der Waals surface area contributed by atoms with Gasteiger partial charge in [0.15, 0.2) is 17.2 Å². The van der Waals surface area contributed by atoms with Gasteiger partial charge in [-0.15, -0.1) is 0 Å². The number of carbonyl (C=O) groups excluding carboxylic acids is 1. The lowest BCUT2D eigenvalue weighted by Crippen LogP contribution is -2.33. The summed E-state index contributed by atoms with van der Waals surface area (Å²) in [6, 6.07) is 9.24. The van der Waals surface area contributed by atoms with Gasteiger partial charge in [-0.1, -0.05) is 6.07 Å². The largest absolute Gasteiger partial charge is 0.454 e. The highest BCUT2D eigenvalue weighted by atomic mass is 16.7. The van der Waals surface area contributed by atoms with Crippen LogP contribution in [0.1, 0.15) is 27.2 Å². The first-order valence-corrected chi connectivity index (χ1v) is 8.59. The predicted octanol–water partition coefficient (Wildman–Crippen LogP) is 2.21. The fourth-order valence-electron chi connectivity index (χ4n) is 3.05. The summed E-state index contributed by atoms with van der Waals surface area (Å²) in [6.07, 6.45) is 0. The number of amides is 1. The first-order chi connectivity index (χ1) is 12.9. The fourth-order valence-corrected chi connectivity index (χ4v) is 3.05. The van der Waals surface area contributed by atoms with Crippen LogP contribution in [-0.2, 0) is 13.6 Å². The van der Waals surface area contributed by atoms with Crippen molar-refractivity contribution >= 4 is 16.9 Å². The van der Waals surface area contributed by atoms with Crippen molar-refractivity contribution < 1.29 is 14.3 Å². The monoisotopic (exact) mass is 365 g/mol. The van der Waals surface area contributed by atoms with Gasteiger partial charge in [0.25, 0.3) is 11.5 Å². The van der Waals surface area contributed by atoms with Crippen molar-refractivity contribution in [3.63, 3.8) is 0 Å². The number of hydrogen-bond donors (Lipinski definition) is 1. The van der Waals surface area contributed by atoms with Gasteiger partial charge in [0, 0.05) is 13.6 Å². The summed E-state index contributed by atoms with van der Waals surface area (Å²) < 4.78 is 12.1. The molecule has 0 saturated carbocycles. The van der Waals surface area contributed by atoms with Crippen LogP contribution in [0.3, 0.4) is 0 Å². The van der Waals surface area contributed by atoms with Crippen molar-refractivity contribution in [1.82, 2.24) is 14.9 Å². The van der Waals surface area contributed by atoms with E-state index in [2.05, 4.69) is 10.3 Å². The Kier molecular flexibility index (Phi) is 4.07. The number of fused-ring (bicyclic) bond motifs is 2. The zero-order chi connectivity index (χ0) is 19.1. The van der Waals surface area contributed by atoms with Gasteiger partial charge >= 0.3 is 0 Å². The van der Waals surface area contributed by atoms with E-state index in [1.54, 1.807) is 19.2 Å². The Hall–Kier alpha value is -3.35. The minimum absolute atomic E-state index is 0.117. The Labute approximate surface area is 155 Å². The van der Waals surface area contributed by atoms with E-state index in [1.807, 2.05) is 32.0 Å². The van der Waals surface area contributed by atoms with Gasteiger partial charge in [0.1, 0.15) is 0 Å². The molecule has 3 aromatic rings. The maximum atomic E-state index is 12.6. The Morgan fingerprint density at radius 2 is 1.89 bits per heavy atom. The minimum Gasteiger partial charge on any atom is -0.454 e. The van der Waals surface area contributed by atoms with E-state index in [4.69, 9.17) is 9.47 Å². The van der Waals surface area contributed by atoms with Crippen molar-refractivity contribution in [2.75, 3.05) is 6.79 Å². The van der Waals surface area contributed by atoms with E-state index in [9.17, 15) is 9.59 Å². The molecule has 4 rings (SSSR count). The summed E-state index contributed by atoms with van der Waals surface area (Å²) in [5.41, 5.74) is 3.75. The Bertz CT molecular complexity index is 1130. The highest BCUT2D eigenvalue weighted by molar-refractivity contribution is 5.94. The van der Waals surface area contributed by atoms with Crippen molar-refractivity contribution in [1.29, 1.82) is 0 Å². The lowest BCUT2D eigenvalue weighted by Gasteiger charge is -2.11. The van der Waals surface area contributed by atoms with Crippen LogP contribution in [0.4, 0.5) is 0 Å². The Balaban J connectivity index is 1.61. The van der Waals surface area contributed by atoms with Gasteiger partial charge in [-0.25, -0.2) is 4.98 Å². The molecular weight excluding hydrogens is 346 g/mol. The second kappa shape index (κ2) is 6.42. The third-order valence-electron chi connectivity index (χ3n) is 4.80. The van der Waals surface area contributed by atoms with Gasteiger partial charge in [0.2, 0.25) is 6.79 Å². The van der Waals surface area contributed by atoms with Crippen LogP contribution in [0.2, 0.25) is 0 Å². The topological polar surface area (TPSA) is 82.5 Å². The summed E-state index contributed by atoms with van der Waals surface area (Å²) in [5, 5.41) is 2.75. The van der Waals surface area contributed by atoms with Gasteiger partial charge in [-0.2, -0.15) is 0 Å². The van der Waals surface area contributed by atoms with Crippen molar-refractivity contribution in [2.24, 2.45) is 7.05 Å². The van der Waals surface area contributed by atoms with Gasteiger partial charge < -0.3 is 19.4 Å². The number of hydrogen-bond acceptors (Lipinski definition) is 5. The van der Waals surface area contributed by atoms with Crippen LogP contribution in [0.25, 0.3) is 11.0 Å². The standard InChI is InChI=1S/C20H19N3O4/c1-11-6-14-15(7-12(11)2)23(3)20(25)18(22-14)19(24)21-9-13-4-5-16-17(8-13)27-10-26-16/h4-8H,9-10H2,1-3H3,(H,21,24). The molecule has 2 aromatic carbocycles. The maximum Gasteiger partial charge on any atom is 0.282 e. The molecule has 0 fully saturated rings. The third kappa shape index (κ3) is 3.01. The molecule has 0 saturated heterocycles. The van der Waals surface area contributed by atoms with Crippen molar-refractivity contribution in [3.8, 4) is 11.5 Å². The molecule has 0 bridgehead atoms. The highest BCUT2D eigenvalue weighted by Gasteiger charge is 2.18. The molecule has 27 heavy (non-hydrogen) atoms. The van der Waals surface area contributed by atoms with Crippen LogP contribution >= 0.6 is 0 Å². The zero-order valence-corrected chi connectivity index (χ0v) is 15.3. The summed E-state index contributed by atoms with van der Waals surface area (Å²) in [4.78, 5) is 29.5. The molecule has 1 N–H and O–H groups in total. The van der Waals surface area contributed by atoms with Crippen molar-refractivity contribution in [3.05, 3.63) is 63.1 Å². The summed E-state index contributed by atoms with van der Waals surface area (Å²) in [7, 11) is 1.65. The first kappa shape index (κ1) is 17.1. The van der Waals surface area contributed by atoms with Crippen LogP contribution in [0, 0.1) is 13.8 Å². The number of benzene rings is 2. The van der Waals surface area contributed by atoms with Gasteiger partial charge in [-0.3, -0.25) is 9.59 Å². The second-order valence-corrected chi connectivity index (χ2v) is 6.62. The number of ether oxygens (including phenoxy) is 2. The van der Waals surface area contributed by atoms with E-state index < -0.39 is 11.5 Å². The molecule has 7 heteroatoms. The van der Waals surface area contributed by atoms with Crippen LogP contribution in [-0.4, -0.2) is 22.3 Å². The second-order valence-electron chi connectivity index (χ2n) is 6.62. The summed E-state index contributed by atoms with van der Waals surface area (Å²) in [5.74, 6) is 0.821. The molecule has 1 aromatic heterocycles. The Morgan fingerprint density at radius 3 is 2.70 bits per heavy atom. The van der Waals surface area contributed by atoms with Gasteiger partial charge in [-0.05, 0) is 54.8 Å². The van der Waals surface area contributed by atoms with Crippen LogP contribution in [0.5, 0.6) is 11.5 Å². The summed E-state index contributed by atoms with van der Waals surface area (Å²) in [6.45, 7) is 4.40. The smallest absolute Gasteiger partial charge is 0.282 e. The van der Waals surface area contributed by atoms with Crippen LogP contribution in [0.15, 0.2) is 35.1 Å². The molecule has 0 atom stereocenters. The van der Waals surface area contributed by atoms with Crippen molar-refractivity contribution in [2.45, 2.75) is 20.4 Å². The summed E-state index contributed by atoms with van der Waals surface area (Å²) >= 11 is 0. The molecule has 1 aliphatic heterocycles. The Morgan fingerprint density at radius 1 is 1.15 bits per heavy atom. The molecule has 0 radical (unpaired) electrons. The van der Waals surface area contributed by atoms with Gasteiger partial charge in [0.05, 0.1) is 11.0 Å². The minimum atomic E-state index is -0.506. The molecule has 138 valence electrons. The molecule has 1 amide bonds. The maximum absolute atomic E-state index is 12.6. The number of aryl methyl sites for hydroxylation is 3. The average molecular weight is 365 g/mol. The third-order valence-corrected chi connectivity index (χ3v) is 4.80. The number of rotatable bonds is 3. The zero-order valence-electron chi connectivity index (χ0n) is 15.3. The lowest BCUT2D eigenvalue weighted by atomic mass is 10.1. The normalized spacial score (nSPS) is 12.4. The number of aromatic nitrogens is 2. The predicted molar refractivity (Wildman–Crippen MR) is 100 cm³/mol. The van der Waals surface area contributed by atoms with E-state index >= 15 is 0 Å². The molecular formula is C20H19N3O4. The fraction of sp³-hybridized carbons (Fsp3) is 0.250. The molecule has 7 nitrogen and oxygen atoms in total. The molecule has 0 spiro atoms. The van der Waals surface area contributed by atoms with Crippen LogP contribution < -0.4 is 20.3 Å². The quantitative estimate of drug-likeness (QED) is 0.769.